The van der Waals surface area contributed by atoms with Crippen LogP contribution in [0.2, 0.25) is 0 Å². The van der Waals surface area contributed by atoms with Crippen LogP contribution in [0.25, 0.3) is 0 Å². The average molecular weight is 378 g/mol. The van der Waals surface area contributed by atoms with Crippen molar-refractivity contribution in [1.29, 1.82) is 0 Å². The highest BCUT2D eigenvalue weighted by atomic mass is 32.2. The Labute approximate surface area is 157 Å². The third-order valence-corrected chi connectivity index (χ3v) is 5.83. The Bertz CT molecular complexity index is 430. The minimum Gasteiger partial charge on any atom is -0.381 e. The molecule has 0 unspecified atom stereocenters. The van der Waals surface area contributed by atoms with Crippen LogP contribution in [-0.4, -0.2) is 27.4 Å². The van der Waals surface area contributed by atoms with E-state index in [0.717, 1.165) is 38.9 Å². The van der Waals surface area contributed by atoms with E-state index in [4.69, 9.17) is 9.88 Å². The summed E-state index contributed by atoms with van der Waals surface area (Å²) in [6, 6.07) is 0. The lowest BCUT2D eigenvalue weighted by atomic mass is 9.82. The summed E-state index contributed by atoms with van der Waals surface area (Å²) in [5.74, 6) is 0.0745. The molecule has 0 atom stereocenters. The highest BCUT2D eigenvalue weighted by molar-refractivity contribution is 7.89. The zero-order valence-electron chi connectivity index (χ0n) is 17.4. The zero-order valence-corrected chi connectivity index (χ0v) is 18.2. The van der Waals surface area contributed by atoms with Gasteiger partial charge in [0.15, 0.2) is 0 Å². The summed E-state index contributed by atoms with van der Waals surface area (Å²) in [4.78, 5) is 0. The second-order valence-electron chi connectivity index (χ2n) is 9.08. The molecule has 0 radical (unpaired) electrons. The molecular formula is C20H43NO3S. The second kappa shape index (κ2) is 12.3. The Morgan fingerprint density at radius 3 is 1.64 bits per heavy atom. The molecule has 0 aromatic heterocycles. The minimum absolute atomic E-state index is 0.0243. The maximum Gasteiger partial charge on any atom is 0.209 e. The zero-order chi connectivity index (χ0) is 19.4. The summed E-state index contributed by atoms with van der Waals surface area (Å²) in [5.41, 5.74) is 0.495. The van der Waals surface area contributed by atoms with Crippen molar-refractivity contribution in [2.75, 3.05) is 19.0 Å². The van der Waals surface area contributed by atoms with Crippen LogP contribution in [0.1, 0.15) is 98.8 Å². The number of hydrogen-bond donors (Lipinski definition) is 1. The SMILES string of the molecule is CCCCC(C)(C)CCCCOCCCCC(C)(C)CCS(N)(=O)=O. The molecule has 5 heteroatoms. The van der Waals surface area contributed by atoms with Crippen molar-refractivity contribution in [3.63, 3.8) is 0 Å². The van der Waals surface area contributed by atoms with Gasteiger partial charge in [-0.1, -0.05) is 60.3 Å². The molecule has 0 aliphatic heterocycles. The summed E-state index contributed by atoms with van der Waals surface area (Å²) >= 11 is 0. The quantitative estimate of drug-likeness (QED) is 0.373. The molecule has 0 heterocycles. The van der Waals surface area contributed by atoms with E-state index in [1.165, 1.54) is 32.1 Å². The molecule has 0 saturated carbocycles. The maximum atomic E-state index is 11.1. The first kappa shape index (κ1) is 24.9. The Balaban J connectivity index is 3.58. The standard InChI is InChI=1S/C20H43NO3S/c1-6-7-12-19(2,3)13-8-10-16-24-17-11-9-14-20(4,5)15-18-25(21,22)23/h6-18H2,1-5H3,(H2,21,22,23). The molecule has 0 fully saturated rings. The highest BCUT2D eigenvalue weighted by Crippen LogP contribution is 2.29. The maximum absolute atomic E-state index is 11.1. The molecule has 152 valence electrons. The number of unbranched alkanes of at least 4 members (excludes halogenated alkanes) is 3. The van der Waals surface area contributed by atoms with Gasteiger partial charge >= 0.3 is 0 Å². The number of sulfonamides is 1. The summed E-state index contributed by atoms with van der Waals surface area (Å²) in [7, 11) is -3.35. The van der Waals surface area contributed by atoms with Crippen molar-refractivity contribution in [2.45, 2.75) is 98.8 Å². The van der Waals surface area contributed by atoms with Crippen LogP contribution >= 0.6 is 0 Å². The summed E-state index contributed by atoms with van der Waals surface area (Å²) in [5, 5.41) is 5.08. The molecule has 0 aromatic rings. The van der Waals surface area contributed by atoms with Crippen LogP contribution in [-0.2, 0) is 14.8 Å². The van der Waals surface area contributed by atoms with Gasteiger partial charge in [0.05, 0.1) is 5.75 Å². The number of primary sulfonamides is 1. The monoisotopic (exact) mass is 377 g/mol. The highest BCUT2D eigenvalue weighted by Gasteiger charge is 2.20. The Morgan fingerprint density at radius 2 is 1.20 bits per heavy atom. The molecule has 0 bridgehead atoms. The van der Waals surface area contributed by atoms with Crippen molar-refractivity contribution in [1.82, 2.24) is 0 Å². The van der Waals surface area contributed by atoms with Crippen LogP contribution in [0, 0.1) is 10.8 Å². The predicted octanol–water partition coefficient (Wildman–Crippen LogP) is 5.26. The van der Waals surface area contributed by atoms with Crippen molar-refractivity contribution in [2.24, 2.45) is 16.0 Å². The number of rotatable bonds is 16. The molecule has 0 rings (SSSR count). The van der Waals surface area contributed by atoms with E-state index in [1.807, 2.05) is 0 Å². The Kier molecular flexibility index (Phi) is 12.2. The van der Waals surface area contributed by atoms with Gasteiger partial charge < -0.3 is 4.74 Å². The molecule has 0 aliphatic carbocycles. The lowest BCUT2D eigenvalue weighted by molar-refractivity contribution is 0.120. The van der Waals surface area contributed by atoms with Crippen molar-refractivity contribution in [3.05, 3.63) is 0 Å². The first-order valence-electron chi connectivity index (χ1n) is 10.1. The minimum atomic E-state index is -3.35. The van der Waals surface area contributed by atoms with Gasteiger partial charge in [0, 0.05) is 13.2 Å². The van der Waals surface area contributed by atoms with E-state index in [9.17, 15) is 8.42 Å². The summed E-state index contributed by atoms with van der Waals surface area (Å²) in [6.45, 7) is 12.9. The Hall–Kier alpha value is -0.130. The fraction of sp³-hybridized carbons (Fsp3) is 1.00. The largest absolute Gasteiger partial charge is 0.381 e. The van der Waals surface area contributed by atoms with Crippen molar-refractivity contribution >= 4 is 10.0 Å². The van der Waals surface area contributed by atoms with Gasteiger partial charge in [0.2, 0.25) is 10.0 Å². The van der Waals surface area contributed by atoms with Gasteiger partial charge in [0.25, 0.3) is 0 Å². The molecule has 4 nitrogen and oxygen atoms in total. The van der Waals surface area contributed by atoms with Crippen LogP contribution in [0.5, 0.6) is 0 Å². The van der Waals surface area contributed by atoms with E-state index in [-0.39, 0.29) is 11.2 Å². The van der Waals surface area contributed by atoms with Gasteiger partial charge in [-0.05, 0) is 49.4 Å². The number of ether oxygens (including phenoxy) is 1. The molecule has 0 saturated heterocycles. The van der Waals surface area contributed by atoms with Crippen LogP contribution in [0.3, 0.4) is 0 Å². The van der Waals surface area contributed by atoms with Crippen LogP contribution in [0.4, 0.5) is 0 Å². The fourth-order valence-corrected chi connectivity index (χ4v) is 3.88. The molecule has 0 spiro atoms. The van der Waals surface area contributed by atoms with Crippen molar-refractivity contribution < 1.29 is 13.2 Å². The van der Waals surface area contributed by atoms with E-state index >= 15 is 0 Å². The molecule has 0 aliphatic rings. The summed E-state index contributed by atoms with van der Waals surface area (Å²) < 4.78 is 27.8. The third-order valence-electron chi connectivity index (χ3n) is 5.05. The van der Waals surface area contributed by atoms with Gasteiger partial charge in [-0.2, -0.15) is 0 Å². The van der Waals surface area contributed by atoms with Gasteiger partial charge in [-0.15, -0.1) is 0 Å². The Morgan fingerprint density at radius 1 is 0.760 bits per heavy atom. The van der Waals surface area contributed by atoms with Crippen molar-refractivity contribution in [3.8, 4) is 0 Å². The third kappa shape index (κ3) is 17.1. The molecule has 0 amide bonds. The lowest BCUT2D eigenvalue weighted by Crippen LogP contribution is -2.22. The van der Waals surface area contributed by atoms with Gasteiger partial charge in [0.1, 0.15) is 0 Å². The topological polar surface area (TPSA) is 69.4 Å². The van der Waals surface area contributed by atoms with E-state index in [0.29, 0.717) is 11.8 Å². The molecular weight excluding hydrogens is 334 g/mol. The average Bonchev–Trinajstić information content (AvgIpc) is 2.49. The van der Waals surface area contributed by atoms with E-state index in [2.05, 4.69) is 34.6 Å². The van der Waals surface area contributed by atoms with Crippen LogP contribution in [0.15, 0.2) is 0 Å². The van der Waals surface area contributed by atoms with Gasteiger partial charge in [-0.3, -0.25) is 0 Å². The molecule has 0 aromatic carbocycles. The van der Waals surface area contributed by atoms with E-state index in [1.54, 1.807) is 0 Å². The fourth-order valence-electron chi connectivity index (χ4n) is 3.04. The summed E-state index contributed by atoms with van der Waals surface area (Å²) in [6.07, 6.45) is 11.4. The number of nitrogens with two attached hydrogens (primary N) is 1. The number of hydrogen-bond acceptors (Lipinski definition) is 3. The normalized spacial score (nSPS) is 13.4. The molecule has 2 N–H and O–H groups in total. The predicted molar refractivity (Wildman–Crippen MR) is 108 cm³/mol. The smallest absolute Gasteiger partial charge is 0.209 e. The second-order valence-corrected chi connectivity index (χ2v) is 10.8. The lowest BCUT2D eigenvalue weighted by Gasteiger charge is -2.24. The molecule has 25 heavy (non-hydrogen) atoms. The van der Waals surface area contributed by atoms with E-state index < -0.39 is 10.0 Å². The van der Waals surface area contributed by atoms with Crippen LogP contribution < -0.4 is 5.14 Å². The first-order chi connectivity index (χ1) is 11.5. The first-order valence-corrected chi connectivity index (χ1v) is 11.8. The van der Waals surface area contributed by atoms with Gasteiger partial charge in [-0.25, -0.2) is 13.6 Å².